The Morgan fingerprint density at radius 1 is 1.19 bits per heavy atom. The number of hydrogen-bond acceptors (Lipinski definition) is 5. The Hall–Kier alpha value is -2.86. The molecule has 6 N–H and O–H groups in total. The first kappa shape index (κ1) is 20.5. The van der Waals surface area contributed by atoms with E-state index in [1.54, 1.807) is 0 Å². The van der Waals surface area contributed by atoms with Crippen molar-refractivity contribution in [1.82, 2.24) is 5.32 Å². The Morgan fingerprint density at radius 3 is 2.63 bits per heavy atom. The molecule has 27 heavy (non-hydrogen) atoms. The number of allylic oxidation sites excluding steroid dienone is 4. The van der Waals surface area contributed by atoms with Gasteiger partial charge < -0.3 is 22.1 Å². The Morgan fingerprint density at radius 2 is 1.93 bits per heavy atom. The highest BCUT2D eigenvalue weighted by Gasteiger charge is 2.11. The summed E-state index contributed by atoms with van der Waals surface area (Å²) < 4.78 is 0. The van der Waals surface area contributed by atoms with Crippen molar-refractivity contribution in [2.75, 3.05) is 25.0 Å². The van der Waals surface area contributed by atoms with E-state index in [0.29, 0.717) is 13.1 Å². The van der Waals surface area contributed by atoms with Crippen molar-refractivity contribution < 1.29 is 4.79 Å². The largest absolute Gasteiger partial charge is 0.398 e. The van der Waals surface area contributed by atoms with Gasteiger partial charge >= 0.3 is 0 Å². The maximum absolute atomic E-state index is 11.8. The van der Waals surface area contributed by atoms with Gasteiger partial charge in [-0.3, -0.25) is 4.79 Å². The van der Waals surface area contributed by atoms with Gasteiger partial charge in [0.1, 0.15) is 0 Å². The molecule has 144 valence electrons. The van der Waals surface area contributed by atoms with Crippen LogP contribution in [0.5, 0.6) is 0 Å². The number of anilines is 1. The Labute approximate surface area is 161 Å². The lowest BCUT2D eigenvalue weighted by atomic mass is 9.99. The quantitative estimate of drug-likeness (QED) is 0.556. The second kappa shape index (κ2) is 9.19. The molecule has 0 heterocycles. The zero-order valence-electron chi connectivity index (χ0n) is 16.4. The number of aliphatic imine (C=N–C) groups is 1. The lowest BCUT2D eigenvalue weighted by Crippen LogP contribution is -2.31. The van der Waals surface area contributed by atoms with Crippen LogP contribution in [0.4, 0.5) is 11.4 Å². The summed E-state index contributed by atoms with van der Waals surface area (Å²) in [7, 11) is 0. The van der Waals surface area contributed by atoms with Crippen molar-refractivity contribution in [2.24, 2.45) is 16.5 Å². The number of rotatable bonds is 7. The molecule has 0 spiro atoms. The zero-order chi connectivity index (χ0) is 20.0. The predicted octanol–water partition coefficient (Wildman–Crippen LogP) is 2.61. The monoisotopic (exact) mass is 367 g/mol. The molecule has 1 aliphatic rings. The van der Waals surface area contributed by atoms with E-state index < -0.39 is 0 Å². The van der Waals surface area contributed by atoms with Gasteiger partial charge in [0.05, 0.1) is 17.9 Å². The van der Waals surface area contributed by atoms with Crippen LogP contribution in [0.25, 0.3) is 0 Å². The fraction of sp³-hybridized carbons (Fsp3) is 0.333. The second-order valence-corrected chi connectivity index (χ2v) is 6.75. The van der Waals surface area contributed by atoms with Gasteiger partial charge in [0, 0.05) is 17.9 Å². The lowest BCUT2D eigenvalue weighted by molar-refractivity contribution is -0.119. The second-order valence-electron chi connectivity index (χ2n) is 6.75. The van der Waals surface area contributed by atoms with E-state index in [0.717, 1.165) is 51.5 Å². The van der Waals surface area contributed by atoms with E-state index in [4.69, 9.17) is 16.5 Å². The highest BCUT2D eigenvalue weighted by molar-refractivity contribution is 6.13. The van der Waals surface area contributed by atoms with E-state index in [1.807, 2.05) is 45.1 Å². The summed E-state index contributed by atoms with van der Waals surface area (Å²) in [5, 5.41) is 6.02. The van der Waals surface area contributed by atoms with E-state index >= 15 is 0 Å². The summed E-state index contributed by atoms with van der Waals surface area (Å²) in [6.45, 7) is 11.4. The SMILES string of the molecule is C=C1C=C(N)C(C)=C/C1=N/c1cc(C)c(NCC(=O)NCCCN)cc1C. The van der Waals surface area contributed by atoms with Crippen LogP contribution in [0.3, 0.4) is 0 Å². The average molecular weight is 367 g/mol. The molecular weight excluding hydrogens is 338 g/mol. The number of amides is 1. The molecule has 0 unspecified atom stereocenters. The number of nitrogens with zero attached hydrogens (tertiary/aromatic N) is 1. The summed E-state index contributed by atoms with van der Waals surface area (Å²) in [6.07, 6.45) is 4.57. The van der Waals surface area contributed by atoms with Gasteiger partial charge in [-0.2, -0.15) is 0 Å². The molecule has 0 radical (unpaired) electrons. The first-order valence-corrected chi connectivity index (χ1v) is 9.07. The highest BCUT2D eigenvalue weighted by Crippen LogP contribution is 2.28. The van der Waals surface area contributed by atoms with Gasteiger partial charge in [0.2, 0.25) is 5.91 Å². The van der Waals surface area contributed by atoms with Gasteiger partial charge in [0.15, 0.2) is 0 Å². The standard InChI is InChI=1S/C21H29N5O/c1-13-9-19(14(2)8-17(13)23)26-20-11-15(3)18(10-16(20)4)25-12-21(27)24-7-5-6-22/h8-11,25H,2,5-7,12,22-23H2,1,3-4H3,(H,24,27)/b26-19-. The van der Waals surface area contributed by atoms with Crippen LogP contribution in [0.15, 0.2) is 52.7 Å². The summed E-state index contributed by atoms with van der Waals surface area (Å²) in [5.74, 6) is -0.0479. The maximum Gasteiger partial charge on any atom is 0.239 e. The molecule has 1 aromatic rings. The number of nitrogens with two attached hydrogens (primary N) is 2. The molecule has 1 aliphatic carbocycles. The van der Waals surface area contributed by atoms with Crippen LogP contribution >= 0.6 is 0 Å². The molecule has 6 nitrogen and oxygen atoms in total. The molecule has 6 heteroatoms. The van der Waals surface area contributed by atoms with Gasteiger partial charge in [-0.05, 0) is 80.3 Å². The van der Waals surface area contributed by atoms with Crippen molar-refractivity contribution in [3.8, 4) is 0 Å². The molecule has 1 aromatic carbocycles. The number of carbonyl (C=O) groups is 1. The molecule has 0 saturated carbocycles. The molecule has 0 atom stereocenters. The van der Waals surface area contributed by atoms with Gasteiger partial charge in [-0.25, -0.2) is 4.99 Å². The van der Waals surface area contributed by atoms with Crippen molar-refractivity contribution >= 4 is 23.0 Å². The zero-order valence-corrected chi connectivity index (χ0v) is 16.4. The first-order chi connectivity index (χ1) is 12.8. The van der Waals surface area contributed by atoms with E-state index in [-0.39, 0.29) is 12.5 Å². The minimum Gasteiger partial charge on any atom is -0.398 e. The summed E-state index contributed by atoms with van der Waals surface area (Å²) in [5.41, 5.74) is 18.5. The van der Waals surface area contributed by atoms with Crippen LogP contribution in [0.2, 0.25) is 0 Å². The summed E-state index contributed by atoms with van der Waals surface area (Å²) >= 11 is 0. The van der Waals surface area contributed by atoms with Crippen molar-refractivity contribution in [2.45, 2.75) is 27.2 Å². The van der Waals surface area contributed by atoms with Gasteiger partial charge in [-0.1, -0.05) is 6.58 Å². The summed E-state index contributed by atoms with van der Waals surface area (Å²) in [6, 6.07) is 4.02. The van der Waals surface area contributed by atoms with E-state index in [1.165, 1.54) is 0 Å². The maximum atomic E-state index is 11.8. The molecule has 2 rings (SSSR count). The van der Waals surface area contributed by atoms with Crippen LogP contribution in [0, 0.1) is 13.8 Å². The fourth-order valence-electron chi connectivity index (χ4n) is 2.67. The third kappa shape index (κ3) is 5.56. The van der Waals surface area contributed by atoms with Gasteiger partial charge in [0.25, 0.3) is 0 Å². The third-order valence-corrected chi connectivity index (χ3v) is 4.39. The Bertz CT molecular complexity index is 833. The fourth-order valence-corrected chi connectivity index (χ4v) is 2.67. The molecule has 0 bridgehead atoms. The Balaban J connectivity index is 2.12. The number of nitrogens with one attached hydrogen (secondary N) is 2. The topological polar surface area (TPSA) is 106 Å². The average Bonchev–Trinajstić information content (AvgIpc) is 2.61. The van der Waals surface area contributed by atoms with E-state index in [9.17, 15) is 4.79 Å². The number of aryl methyl sites for hydroxylation is 2. The van der Waals surface area contributed by atoms with Crippen molar-refractivity contribution in [3.63, 3.8) is 0 Å². The molecule has 0 aliphatic heterocycles. The number of benzene rings is 1. The molecule has 0 aromatic heterocycles. The number of hydrogen-bond donors (Lipinski definition) is 4. The van der Waals surface area contributed by atoms with Crippen LogP contribution < -0.4 is 22.1 Å². The number of carbonyl (C=O) groups excluding carboxylic acids is 1. The normalized spacial score (nSPS) is 15.4. The van der Waals surface area contributed by atoms with Crippen LogP contribution in [-0.4, -0.2) is 31.3 Å². The van der Waals surface area contributed by atoms with Crippen LogP contribution in [-0.2, 0) is 4.79 Å². The van der Waals surface area contributed by atoms with Crippen molar-refractivity contribution in [1.29, 1.82) is 0 Å². The highest BCUT2D eigenvalue weighted by atomic mass is 16.1. The van der Waals surface area contributed by atoms with E-state index in [2.05, 4.69) is 17.2 Å². The lowest BCUT2D eigenvalue weighted by Gasteiger charge is -2.15. The molecule has 0 saturated heterocycles. The molecule has 1 amide bonds. The molecular formula is C21H29N5O. The minimum atomic E-state index is -0.0479. The smallest absolute Gasteiger partial charge is 0.239 e. The Kier molecular flexibility index (Phi) is 6.96. The van der Waals surface area contributed by atoms with Crippen LogP contribution in [0.1, 0.15) is 24.5 Å². The van der Waals surface area contributed by atoms with Gasteiger partial charge in [-0.15, -0.1) is 0 Å². The summed E-state index contributed by atoms with van der Waals surface area (Å²) in [4.78, 5) is 16.6. The van der Waals surface area contributed by atoms with Crippen molar-refractivity contribution in [3.05, 3.63) is 58.8 Å². The third-order valence-electron chi connectivity index (χ3n) is 4.39. The predicted molar refractivity (Wildman–Crippen MR) is 113 cm³/mol. The first-order valence-electron chi connectivity index (χ1n) is 9.07. The molecule has 0 fully saturated rings. The minimum absolute atomic E-state index is 0.0479.